The third kappa shape index (κ3) is 3.94. The number of carbonyl (C=O) groups is 2. The molecule has 3 nitrogen and oxygen atoms in total. The molecule has 1 aliphatic heterocycles. The number of alkyl halides is 3. The zero-order valence-electron chi connectivity index (χ0n) is 10.4. The fraction of sp³-hybridized carbons (Fsp3) is 0.231. The number of benzene rings is 1. The van der Waals surface area contributed by atoms with Crippen molar-refractivity contribution < 1.29 is 22.8 Å². The summed E-state index contributed by atoms with van der Waals surface area (Å²) < 4.78 is 35.4. The topological polar surface area (TPSA) is 37.4 Å². The van der Waals surface area contributed by atoms with Gasteiger partial charge in [0.15, 0.2) is 0 Å². The van der Waals surface area contributed by atoms with Crippen LogP contribution >= 0.6 is 0 Å². The van der Waals surface area contributed by atoms with Crippen LogP contribution in [0.3, 0.4) is 0 Å². The van der Waals surface area contributed by atoms with Crippen molar-refractivity contribution in [3.05, 3.63) is 47.5 Å². The molecule has 0 aromatic heterocycles. The van der Waals surface area contributed by atoms with Crippen molar-refractivity contribution in [3.8, 4) is 0 Å². The largest absolute Gasteiger partial charge is 0.416 e. The summed E-state index contributed by atoms with van der Waals surface area (Å²) in [4.78, 5) is 22.5. The average Bonchev–Trinajstić information content (AvgIpc) is 2.57. The molecule has 0 saturated heterocycles. The minimum atomic E-state index is -4.21. The van der Waals surface area contributed by atoms with E-state index < -0.39 is 11.7 Å². The van der Waals surface area contributed by atoms with Crippen LogP contribution in [-0.2, 0) is 15.8 Å². The van der Waals surface area contributed by atoms with Gasteiger partial charge in [0, 0.05) is 18.7 Å². The van der Waals surface area contributed by atoms with E-state index in [-0.39, 0.29) is 11.8 Å². The van der Waals surface area contributed by atoms with E-state index in [1.807, 2.05) is 0 Å². The first-order valence-corrected chi connectivity index (χ1v) is 5.36. The van der Waals surface area contributed by atoms with Crippen LogP contribution in [0.2, 0.25) is 0 Å². The lowest BCUT2D eigenvalue weighted by molar-refractivity contribution is -0.138. The molecular weight excluding hydrogens is 259 g/mol. The smallest absolute Gasteiger partial charge is 0.278 e. The van der Waals surface area contributed by atoms with Crippen molar-refractivity contribution in [2.45, 2.75) is 13.1 Å². The highest BCUT2D eigenvalue weighted by atomic mass is 19.4. The van der Waals surface area contributed by atoms with Crippen molar-refractivity contribution >= 4 is 11.8 Å². The number of hydrogen-bond donors (Lipinski definition) is 0. The summed E-state index contributed by atoms with van der Waals surface area (Å²) in [6, 6.07) is 6.36. The summed E-state index contributed by atoms with van der Waals surface area (Å²) in [6.45, 7) is 1.63. The molecule has 0 fully saturated rings. The number of hydrogen-bond acceptors (Lipinski definition) is 2. The van der Waals surface area contributed by atoms with Crippen molar-refractivity contribution in [1.82, 2.24) is 4.90 Å². The quantitative estimate of drug-likeness (QED) is 0.680. The fourth-order valence-electron chi connectivity index (χ4n) is 1.34. The van der Waals surface area contributed by atoms with Gasteiger partial charge in [-0.05, 0) is 6.92 Å². The standard InChI is InChI=1S/C7H5F3.C6H7NO2/c8-7(9,10)6-4-2-1-3-5-6;1-4-3-5(8)7(2)6(4)9/h1-5H;3H,1-2H3. The minimum absolute atomic E-state index is 0.194. The number of rotatable bonds is 0. The van der Waals surface area contributed by atoms with Gasteiger partial charge in [-0.3, -0.25) is 14.5 Å². The maximum atomic E-state index is 11.8. The maximum absolute atomic E-state index is 11.8. The SMILES string of the molecule is CC1=CC(=O)N(C)C1=O.FC(F)(F)c1ccccc1. The van der Waals surface area contributed by atoms with E-state index in [0.29, 0.717) is 5.57 Å². The van der Waals surface area contributed by atoms with E-state index in [9.17, 15) is 22.8 Å². The Morgan fingerprint density at radius 1 is 1.05 bits per heavy atom. The predicted octanol–water partition coefficient (Wildman–Crippen LogP) is 2.64. The Morgan fingerprint density at radius 2 is 1.58 bits per heavy atom. The summed E-state index contributed by atoms with van der Waals surface area (Å²) >= 11 is 0. The molecule has 2 amide bonds. The Morgan fingerprint density at radius 3 is 1.79 bits per heavy atom. The molecule has 0 unspecified atom stereocenters. The molecule has 2 rings (SSSR count). The highest BCUT2D eigenvalue weighted by molar-refractivity contribution is 6.15. The van der Waals surface area contributed by atoms with Crippen molar-refractivity contribution in [2.24, 2.45) is 0 Å². The van der Waals surface area contributed by atoms with Crippen LogP contribution < -0.4 is 0 Å². The van der Waals surface area contributed by atoms with Gasteiger partial charge >= 0.3 is 6.18 Å². The Hall–Kier alpha value is -2.11. The minimum Gasteiger partial charge on any atom is -0.278 e. The molecule has 0 atom stereocenters. The van der Waals surface area contributed by atoms with Crippen LogP contribution in [0.1, 0.15) is 12.5 Å². The number of imide groups is 1. The van der Waals surface area contributed by atoms with Gasteiger partial charge in [-0.1, -0.05) is 30.3 Å². The van der Waals surface area contributed by atoms with E-state index in [1.54, 1.807) is 13.0 Å². The first kappa shape index (κ1) is 14.9. The van der Waals surface area contributed by atoms with E-state index in [1.165, 1.54) is 25.3 Å². The van der Waals surface area contributed by atoms with Gasteiger partial charge in [0.05, 0.1) is 5.56 Å². The second-order valence-electron chi connectivity index (χ2n) is 3.89. The summed E-state index contributed by atoms with van der Waals surface area (Å²) in [5.41, 5.74) is -0.0856. The molecule has 0 aliphatic carbocycles. The number of likely N-dealkylation sites (N-methyl/N-ethyl adjacent to an activating group) is 1. The monoisotopic (exact) mass is 271 g/mol. The number of carbonyl (C=O) groups excluding carboxylic acids is 2. The Kier molecular flexibility index (Phi) is 4.47. The van der Waals surface area contributed by atoms with Crippen LogP contribution in [-0.4, -0.2) is 23.8 Å². The lowest BCUT2D eigenvalue weighted by Crippen LogP contribution is -2.25. The van der Waals surface area contributed by atoms with Crippen LogP contribution in [0.15, 0.2) is 42.0 Å². The van der Waals surface area contributed by atoms with Crippen LogP contribution in [0, 0.1) is 0 Å². The molecule has 0 bridgehead atoms. The number of amides is 2. The van der Waals surface area contributed by atoms with Gasteiger partial charge in [0.25, 0.3) is 11.8 Å². The summed E-state index contributed by atoms with van der Waals surface area (Å²) in [5, 5.41) is 0. The molecule has 1 aliphatic rings. The van der Waals surface area contributed by atoms with E-state index in [0.717, 1.165) is 17.0 Å². The molecule has 0 saturated carbocycles. The molecule has 6 heteroatoms. The second-order valence-corrected chi connectivity index (χ2v) is 3.89. The zero-order chi connectivity index (χ0) is 14.6. The summed E-state index contributed by atoms with van der Waals surface area (Å²) in [5.74, 6) is -0.419. The Bertz CT molecular complexity index is 506. The molecule has 0 spiro atoms. The van der Waals surface area contributed by atoms with Gasteiger partial charge in [0.1, 0.15) is 0 Å². The van der Waals surface area contributed by atoms with E-state index in [4.69, 9.17) is 0 Å². The Balaban J connectivity index is 0.000000191. The second kappa shape index (κ2) is 5.69. The molecule has 19 heavy (non-hydrogen) atoms. The lowest BCUT2D eigenvalue weighted by Gasteiger charge is -2.03. The molecule has 0 radical (unpaired) electrons. The first-order valence-electron chi connectivity index (χ1n) is 5.36. The molecule has 1 heterocycles. The van der Waals surface area contributed by atoms with Crippen molar-refractivity contribution in [2.75, 3.05) is 7.05 Å². The van der Waals surface area contributed by atoms with Crippen molar-refractivity contribution in [1.29, 1.82) is 0 Å². The average molecular weight is 271 g/mol. The maximum Gasteiger partial charge on any atom is 0.416 e. The molecule has 1 aromatic rings. The van der Waals surface area contributed by atoms with Crippen LogP contribution in [0.4, 0.5) is 13.2 Å². The van der Waals surface area contributed by atoms with Gasteiger partial charge in [-0.2, -0.15) is 13.2 Å². The number of halogens is 3. The highest BCUT2D eigenvalue weighted by Crippen LogP contribution is 2.28. The van der Waals surface area contributed by atoms with E-state index >= 15 is 0 Å². The summed E-state index contributed by atoms with van der Waals surface area (Å²) in [7, 11) is 1.47. The zero-order valence-corrected chi connectivity index (χ0v) is 10.4. The normalized spacial score (nSPS) is 15.0. The molecule has 102 valence electrons. The fourth-order valence-corrected chi connectivity index (χ4v) is 1.34. The number of nitrogens with zero attached hydrogens (tertiary/aromatic N) is 1. The molecule has 1 aromatic carbocycles. The summed E-state index contributed by atoms with van der Waals surface area (Å²) in [6.07, 6.45) is -2.87. The molecule has 0 N–H and O–H groups in total. The van der Waals surface area contributed by atoms with Gasteiger partial charge in [-0.15, -0.1) is 0 Å². The predicted molar refractivity (Wildman–Crippen MR) is 63.0 cm³/mol. The van der Waals surface area contributed by atoms with Crippen LogP contribution in [0.25, 0.3) is 0 Å². The van der Waals surface area contributed by atoms with Gasteiger partial charge in [0.2, 0.25) is 0 Å². The Labute approximate surface area is 108 Å². The van der Waals surface area contributed by atoms with E-state index in [2.05, 4.69) is 0 Å². The first-order chi connectivity index (χ1) is 8.73. The van der Waals surface area contributed by atoms with Crippen LogP contribution in [0.5, 0.6) is 0 Å². The van der Waals surface area contributed by atoms with Gasteiger partial charge in [-0.25, -0.2) is 0 Å². The molecular formula is C13H12F3NO2. The van der Waals surface area contributed by atoms with Gasteiger partial charge < -0.3 is 0 Å². The van der Waals surface area contributed by atoms with Crippen molar-refractivity contribution in [3.63, 3.8) is 0 Å². The lowest BCUT2D eigenvalue weighted by atomic mass is 10.2. The third-order valence-corrected chi connectivity index (χ3v) is 2.41. The highest BCUT2D eigenvalue weighted by Gasteiger charge is 2.29. The third-order valence-electron chi connectivity index (χ3n) is 2.41.